The number of amides is 2. The van der Waals surface area contributed by atoms with Crippen molar-refractivity contribution in [3.8, 4) is 0 Å². The minimum Gasteiger partial charge on any atom is -0.443 e. The van der Waals surface area contributed by atoms with Crippen LogP contribution in [0.1, 0.15) is 41.0 Å². The van der Waals surface area contributed by atoms with Crippen molar-refractivity contribution in [2.24, 2.45) is 5.92 Å². The van der Waals surface area contributed by atoms with Crippen molar-refractivity contribution in [1.29, 1.82) is 0 Å². The molecule has 0 aromatic heterocycles. The van der Waals surface area contributed by atoms with Crippen LogP contribution in [-0.2, 0) is 14.3 Å². The lowest BCUT2D eigenvalue weighted by Crippen LogP contribution is -2.55. The molecular formula is C13H23NO4. The van der Waals surface area contributed by atoms with Gasteiger partial charge < -0.3 is 9.47 Å². The Morgan fingerprint density at radius 2 is 2.17 bits per heavy atom. The number of imide groups is 1. The Morgan fingerprint density at radius 3 is 2.67 bits per heavy atom. The summed E-state index contributed by atoms with van der Waals surface area (Å²) in [7, 11) is 0. The first-order valence-electron chi connectivity index (χ1n) is 6.39. The number of carbonyl (C=O) groups is 2. The molecule has 0 N–H and O–H groups in total. The molecule has 104 valence electrons. The van der Waals surface area contributed by atoms with E-state index in [9.17, 15) is 9.59 Å². The molecular weight excluding hydrogens is 234 g/mol. The van der Waals surface area contributed by atoms with E-state index < -0.39 is 11.7 Å². The normalized spacial score (nSPS) is 22.8. The van der Waals surface area contributed by atoms with Gasteiger partial charge in [-0.05, 0) is 26.7 Å². The average Bonchev–Trinajstić information content (AvgIpc) is 2.25. The third-order valence-electron chi connectivity index (χ3n) is 3.01. The quantitative estimate of drug-likeness (QED) is 0.761. The summed E-state index contributed by atoms with van der Waals surface area (Å²) in [6.45, 7) is 9.73. The van der Waals surface area contributed by atoms with Gasteiger partial charge in [0.2, 0.25) is 0 Å². The highest BCUT2D eigenvalue weighted by Gasteiger charge is 2.38. The molecule has 0 bridgehead atoms. The summed E-state index contributed by atoms with van der Waals surface area (Å²) in [6, 6.07) is -0.230. The van der Waals surface area contributed by atoms with Gasteiger partial charge in [0.05, 0.1) is 12.6 Å². The Labute approximate surface area is 108 Å². The van der Waals surface area contributed by atoms with E-state index in [2.05, 4.69) is 0 Å². The van der Waals surface area contributed by atoms with Crippen molar-refractivity contribution in [3.05, 3.63) is 0 Å². The lowest BCUT2D eigenvalue weighted by molar-refractivity contribution is -0.148. The van der Waals surface area contributed by atoms with Crippen LogP contribution in [0.3, 0.4) is 0 Å². The average molecular weight is 257 g/mol. The van der Waals surface area contributed by atoms with E-state index in [1.54, 1.807) is 20.8 Å². The summed E-state index contributed by atoms with van der Waals surface area (Å²) in [6.07, 6.45) is 0.307. The Kier molecular flexibility index (Phi) is 4.73. The number of ether oxygens (including phenoxy) is 2. The van der Waals surface area contributed by atoms with E-state index in [0.717, 1.165) is 6.42 Å². The number of rotatable bonds is 2. The van der Waals surface area contributed by atoms with Crippen LogP contribution in [0, 0.1) is 5.92 Å². The predicted octanol–water partition coefficient (Wildman–Crippen LogP) is 2.20. The van der Waals surface area contributed by atoms with Crippen molar-refractivity contribution in [2.45, 2.75) is 52.7 Å². The molecule has 5 nitrogen and oxygen atoms in total. The van der Waals surface area contributed by atoms with Crippen molar-refractivity contribution in [1.82, 2.24) is 4.90 Å². The Balaban J connectivity index is 2.84. The first-order chi connectivity index (χ1) is 8.26. The van der Waals surface area contributed by atoms with Crippen LogP contribution in [0.25, 0.3) is 0 Å². The van der Waals surface area contributed by atoms with Crippen molar-refractivity contribution < 1.29 is 19.1 Å². The van der Waals surface area contributed by atoms with Gasteiger partial charge in [-0.1, -0.05) is 20.3 Å². The number of nitrogens with zero attached hydrogens (tertiary/aromatic N) is 1. The lowest BCUT2D eigenvalue weighted by Gasteiger charge is -2.37. The van der Waals surface area contributed by atoms with Crippen LogP contribution in [0.5, 0.6) is 0 Å². The molecule has 0 unspecified atom stereocenters. The molecule has 0 aromatic rings. The molecule has 2 atom stereocenters. The largest absolute Gasteiger partial charge is 0.443 e. The maximum Gasteiger partial charge on any atom is 0.417 e. The fourth-order valence-corrected chi connectivity index (χ4v) is 1.84. The van der Waals surface area contributed by atoms with Gasteiger partial charge >= 0.3 is 6.09 Å². The second-order valence-electron chi connectivity index (χ2n) is 5.71. The van der Waals surface area contributed by atoms with Gasteiger partial charge in [-0.3, -0.25) is 4.79 Å². The zero-order valence-corrected chi connectivity index (χ0v) is 11.9. The van der Waals surface area contributed by atoms with E-state index in [1.165, 1.54) is 4.90 Å². The number of hydrogen-bond donors (Lipinski definition) is 0. The van der Waals surface area contributed by atoms with Crippen LogP contribution in [0.4, 0.5) is 4.79 Å². The highest BCUT2D eigenvalue weighted by Crippen LogP contribution is 2.21. The molecule has 1 aliphatic rings. The van der Waals surface area contributed by atoms with E-state index >= 15 is 0 Å². The van der Waals surface area contributed by atoms with E-state index in [1.807, 2.05) is 13.8 Å². The summed E-state index contributed by atoms with van der Waals surface area (Å²) >= 11 is 0. The molecule has 1 fully saturated rings. The van der Waals surface area contributed by atoms with Crippen LogP contribution in [0.2, 0.25) is 0 Å². The second kappa shape index (κ2) is 5.69. The maximum absolute atomic E-state index is 12.1. The third-order valence-corrected chi connectivity index (χ3v) is 3.01. The van der Waals surface area contributed by atoms with Gasteiger partial charge in [-0.2, -0.15) is 0 Å². The number of carbonyl (C=O) groups excluding carboxylic acids is 2. The summed E-state index contributed by atoms with van der Waals surface area (Å²) in [5.41, 5.74) is -0.602. The fourth-order valence-electron chi connectivity index (χ4n) is 1.84. The van der Waals surface area contributed by atoms with Gasteiger partial charge in [0, 0.05) is 0 Å². The third kappa shape index (κ3) is 3.70. The minimum absolute atomic E-state index is 0.0494. The van der Waals surface area contributed by atoms with Gasteiger partial charge in [-0.15, -0.1) is 0 Å². The molecule has 1 heterocycles. The Bertz CT molecular complexity index is 321. The molecule has 0 spiro atoms. The van der Waals surface area contributed by atoms with Crippen LogP contribution in [-0.4, -0.2) is 41.8 Å². The molecule has 0 aromatic carbocycles. The number of hydrogen-bond acceptors (Lipinski definition) is 4. The molecule has 1 rings (SSSR count). The molecule has 0 radical (unpaired) electrons. The van der Waals surface area contributed by atoms with Crippen LogP contribution < -0.4 is 0 Å². The van der Waals surface area contributed by atoms with E-state index in [-0.39, 0.29) is 24.5 Å². The second-order valence-corrected chi connectivity index (χ2v) is 5.71. The summed E-state index contributed by atoms with van der Waals surface area (Å²) in [5, 5.41) is 0. The summed E-state index contributed by atoms with van der Waals surface area (Å²) in [4.78, 5) is 25.2. The fraction of sp³-hybridized carbons (Fsp3) is 0.846. The lowest BCUT2D eigenvalue weighted by atomic mass is 9.97. The minimum atomic E-state index is -0.602. The molecule has 5 heteroatoms. The van der Waals surface area contributed by atoms with Crippen molar-refractivity contribution in [2.75, 3.05) is 13.2 Å². The number of morpholine rings is 1. The van der Waals surface area contributed by atoms with Crippen LogP contribution >= 0.6 is 0 Å². The molecule has 0 saturated carbocycles. The monoisotopic (exact) mass is 257 g/mol. The smallest absolute Gasteiger partial charge is 0.417 e. The van der Waals surface area contributed by atoms with Crippen LogP contribution in [0.15, 0.2) is 0 Å². The topological polar surface area (TPSA) is 55.8 Å². The molecule has 1 saturated heterocycles. The molecule has 0 aliphatic carbocycles. The van der Waals surface area contributed by atoms with E-state index in [0.29, 0.717) is 6.61 Å². The standard InChI is InChI=1S/C13H23NO4/c1-6-9(2)10-7-17-8-11(15)14(10)12(16)18-13(3,4)5/h9-10H,6-8H2,1-5H3/t9-,10+/m1/s1. The highest BCUT2D eigenvalue weighted by atomic mass is 16.6. The summed E-state index contributed by atoms with van der Waals surface area (Å²) < 4.78 is 10.5. The van der Waals surface area contributed by atoms with Gasteiger partial charge in [-0.25, -0.2) is 9.69 Å². The maximum atomic E-state index is 12.1. The summed E-state index contributed by atoms with van der Waals surface area (Å²) in [5.74, 6) is -0.123. The van der Waals surface area contributed by atoms with E-state index in [4.69, 9.17) is 9.47 Å². The predicted molar refractivity (Wildman–Crippen MR) is 67.1 cm³/mol. The van der Waals surface area contributed by atoms with Crippen molar-refractivity contribution >= 4 is 12.0 Å². The Morgan fingerprint density at radius 1 is 1.56 bits per heavy atom. The van der Waals surface area contributed by atoms with Gasteiger partial charge in [0.15, 0.2) is 0 Å². The zero-order chi connectivity index (χ0) is 13.9. The first kappa shape index (κ1) is 15.0. The molecule has 2 amide bonds. The van der Waals surface area contributed by atoms with Gasteiger partial charge in [0.25, 0.3) is 5.91 Å². The SMILES string of the molecule is CC[C@@H](C)[C@@H]1COCC(=O)N1C(=O)OC(C)(C)C. The van der Waals surface area contributed by atoms with Crippen molar-refractivity contribution in [3.63, 3.8) is 0 Å². The highest BCUT2D eigenvalue weighted by molar-refractivity contribution is 5.93. The zero-order valence-electron chi connectivity index (χ0n) is 11.9. The first-order valence-corrected chi connectivity index (χ1v) is 6.39. The van der Waals surface area contributed by atoms with Gasteiger partial charge in [0.1, 0.15) is 12.2 Å². The Hall–Kier alpha value is -1.10. The molecule has 1 aliphatic heterocycles. The molecule has 18 heavy (non-hydrogen) atoms.